The van der Waals surface area contributed by atoms with Gasteiger partial charge in [-0.2, -0.15) is 13.2 Å². The molecule has 2 aromatic carbocycles. The van der Waals surface area contributed by atoms with Crippen molar-refractivity contribution in [1.29, 1.82) is 0 Å². The van der Waals surface area contributed by atoms with E-state index in [0.717, 1.165) is 29.8 Å². The van der Waals surface area contributed by atoms with Gasteiger partial charge in [0.2, 0.25) is 0 Å². The average molecular weight is 380 g/mol. The molecule has 0 aliphatic rings. The van der Waals surface area contributed by atoms with E-state index in [0.29, 0.717) is 0 Å². The minimum Gasteiger partial charge on any atom is -0.387 e. The first-order valence-corrected chi connectivity index (χ1v) is 8.17. The molecule has 2 rings (SSSR count). The van der Waals surface area contributed by atoms with Gasteiger partial charge in [-0.25, -0.2) is 0 Å². The molecule has 2 atom stereocenters. The molecule has 5 nitrogen and oxygen atoms in total. The molecule has 0 fully saturated rings. The molecule has 0 spiro atoms. The zero-order chi connectivity index (χ0) is 20.0. The molecule has 0 heterocycles. The van der Waals surface area contributed by atoms with E-state index in [1.54, 1.807) is 31.2 Å². The fraction of sp³-hybridized carbons (Fsp3) is 0.263. The van der Waals surface area contributed by atoms with Crippen molar-refractivity contribution in [2.45, 2.75) is 25.2 Å². The summed E-state index contributed by atoms with van der Waals surface area (Å²) in [7, 11) is 0. The summed E-state index contributed by atoms with van der Waals surface area (Å²) >= 11 is 0. The molecule has 0 radical (unpaired) electrons. The Kier molecular flexibility index (Phi) is 6.57. The van der Waals surface area contributed by atoms with E-state index in [2.05, 4.69) is 10.6 Å². The largest absolute Gasteiger partial charge is 0.416 e. The lowest BCUT2D eigenvalue weighted by Crippen LogP contribution is -2.42. The van der Waals surface area contributed by atoms with Gasteiger partial charge in [0.1, 0.15) is 0 Å². The van der Waals surface area contributed by atoms with Crippen LogP contribution in [0.15, 0.2) is 54.6 Å². The second-order valence-electron chi connectivity index (χ2n) is 5.95. The lowest BCUT2D eigenvalue weighted by Gasteiger charge is -2.16. The predicted octanol–water partition coefficient (Wildman–Crippen LogP) is 2.73. The minimum absolute atomic E-state index is 0.196. The van der Waals surface area contributed by atoms with Gasteiger partial charge in [-0.3, -0.25) is 9.59 Å². The SMILES string of the molecule is C[C@@H](NC(=O)C(=O)NC[C@H](O)c1ccc(C(F)(F)F)cc1)c1ccccc1. The van der Waals surface area contributed by atoms with Crippen LogP contribution in [-0.4, -0.2) is 23.5 Å². The maximum Gasteiger partial charge on any atom is 0.416 e. The number of nitrogens with one attached hydrogen (secondary N) is 2. The molecular formula is C19H19F3N2O3. The summed E-state index contributed by atoms with van der Waals surface area (Å²) in [5.74, 6) is -1.81. The highest BCUT2D eigenvalue weighted by atomic mass is 19.4. The van der Waals surface area contributed by atoms with Crippen molar-refractivity contribution in [3.05, 3.63) is 71.3 Å². The lowest BCUT2D eigenvalue weighted by molar-refractivity contribution is -0.139. The molecule has 27 heavy (non-hydrogen) atoms. The summed E-state index contributed by atoms with van der Waals surface area (Å²) in [6, 6.07) is 12.6. The molecule has 0 saturated carbocycles. The third-order valence-electron chi connectivity index (χ3n) is 3.93. The Morgan fingerprint density at radius 3 is 2.11 bits per heavy atom. The zero-order valence-corrected chi connectivity index (χ0v) is 14.5. The van der Waals surface area contributed by atoms with Crippen LogP contribution in [0.5, 0.6) is 0 Å². The van der Waals surface area contributed by atoms with Gasteiger partial charge < -0.3 is 15.7 Å². The van der Waals surface area contributed by atoms with E-state index in [1.807, 2.05) is 6.07 Å². The van der Waals surface area contributed by atoms with Crippen molar-refractivity contribution in [2.24, 2.45) is 0 Å². The number of aliphatic hydroxyl groups is 1. The number of alkyl halides is 3. The highest BCUT2D eigenvalue weighted by Crippen LogP contribution is 2.29. The number of rotatable bonds is 5. The molecule has 144 valence electrons. The average Bonchev–Trinajstić information content (AvgIpc) is 2.65. The maximum atomic E-state index is 12.5. The number of amides is 2. The van der Waals surface area contributed by atoms with Crippen molar-refractivity contribution < 1.29 is 27.9 Å². The summed E-state index contributed by atoms with van der Waals surface area (Å²) in [5.41, 5.74) is 0.182. The number of aliphatic hydroxyl groups excluding tert-OH is 1. The summed E-state index contributed by atoms with van der Waals surface area (Å²) in [6.45, 7) is 1.41. The van der Waals surface area contributed by atoms with Crippen molar-refractivity contribution in [1.82, 2.24) is 10.6 Å². The maximum absolute atomic E-state index is 12.5. The van der Waals surface area contributed by atoms with E-state index in [4.69, 9.17) is 0 Å². The number of hydrogen-bond donors (Lipinski definition) is 3. The van der Waals surface area contributed by atoms with Crippen molar-refractivity contribution in [3.63, 3.8) is 0 Å². The molecule has 0 saturated heterocycles. The third kappa shape index (κ3) is 5.82. The van der Waals surface area contributed by atoms with Gasteiger partial charge >= 0.3 is 18.0 Å². The number of halogens is 3. The first-order valence-electron chi connectivity index (χ1n) is 8.17. The standard InChI is InChI=1S/C19H19F3N2O3/c1-12(13-5-3-2-4-6-13)24-18(27)17(26)23-11-16(25)14-7-9-15(10-8-14)19(20,21)22/h2-10,12,16,25H,11H2,1H3,(H,23,26)(H,24,27)/t12-,16+/m1/s1. The zero-order valence-electron chi connectivity index (χ0n) is 14.5. The number of carbonyl (C=O) groups is 2. The molecule has 0 aliphatic carbocycles. The normalized spacial score (nSPS) is 13.5. The third-order valence-corrected chi connectivity index (χ3v) is 3.93. The number of hydrogen-bond acceptors (Lipinski definition) is 3. The molecule has 2 aromatic rings. The monoisotopic (exact) mass is 380 g/mol. The van der Waals surface area contributed by atoms with E-state index in [9.17, 15) is 27.9 Å². The Bertz CT molecular complexity index is 777. The minimum atomic E-state index is -4.47. The Morgan fingerprint density at radius 1 is 0.963 bits per heavy atom. The van der Waals surface area contributed by atoms with Crippen molar-refractivity contribution in [3.8, 4) is 0 Å². The molecule has 2 amide bonds. The van der Waals surface area contributed by atoms with E-state index in [-0.39, 0.29) is 18.2 Å². The van der Waals surface area contributed by atoms with Crippen LogP contribution >= 0.6 is 0 Å². The number of benzene rings is 2. The van der Waals surface area contributed by atoms with Crippen LogP contribution in [0.1, 0.15) is 35.8 Å². The fourth-order valence-electron chi connectivity index (χ4n) is 2.37. The highest BCUT2D eigenvalue weighted by Gasteiger charge is 2.30. The van der Waals surface area contributed by atoms with Gasteiger partial charge in [-0.15, -0.1) is 0 Å². The molecule has 0 aromatic heterocycles. The number of carbonyl (C=O) groups excluding carboxylic acids is 2. The van der Waals surface area contributed by atoms with Crippen LogP contribution in [0.25, 0.3) is 0 Å². The topological polar surface area (TPSA) is 78.4 Å². The first-order chi connectivity index (χ1) is 12.7. The van der Waals surface area contributed by atoms with Gasteiger partial charge in [0.05, 0.1) is 17.7 Å². The van der Waals surface area contributed by atoms with Gasteiger partial charge in [0.25, 0.3) is 0 Å². The Hall–Kier alpha value is -2.87. The van der Waals surface area contributed by atoms with Crippen LogP contribution in [0, 0.1) is 0 Å². The van der Waals surface area contributed by atoms with E-state index >= 15 is 0 Å². The summed E-state index contributed by atoms with van der Waals surface area (Å²) in [6.07, 6.45) is -5.71. The summed E-state index contributed by atoms with van der Waals surface area (Å²) in [4.78, 5) is 23.7. The highest BCUT2D eigenvalue weighted by molar-refractivity contribution is 6.35. The van der Waals surface area contributed by atoms with E-state index in [1.165, 1.54) is 0 Å². The van der Waals surface area contributed by atoms with Gasteiger partial charge in [0.15, 0.2) is 0 Å². The van der Waals surface area contributed by atoms with Crippen molar-refractivity contribution in [2.75, 3.05) is 6.54 Å². The first kappa shape index (κ1) is 20.4. The smallest absolute Gasteiger partial charge is 0.387 e. The van der Waals surface area contributed by atoms with Crippen LogP contribution in [0.2, 0.25) is 0 Å². The quantitative estimate of drug-likeness (QED) is 0.698. The Labute approximate surface area is 154 Å². The van der Waals surface area contributed by atoms with Gasteiger partial charge in [0, 0.05) is 6.54 Å². The summed E-state index contributed by atoms with van der Waals surface area (Å²) in [5, 5.41) is 14.8. The molecule has 8 heteroatoms. The Balaban J connectivity index is 1.86. The van der Waals surface area contributed by atoms with E-state index < -0.39 is 29.7 Å². The van der Waals surface area contributed by atoms with Crippen molar-refractivity contribution >= 4 is 11.8 Å². The lowest BCUT2D eigenvalue weighted by atomic mass is 10.1. The second kappa shape index (κ2) is 8.68. The summed E-state index contributed by atoms with van der Waals surface area (Å²) < 4.78 is 37.6. The fourth-order valence-corrected chi connectivity index (χ4v) is 2.37. The van der Waals surface area contributed by atoms with Crippen LogP contribution in [0.4, 0.5) is 13.2 Å². The molecular weight excluding hydrogens is 361 g/mol. The van der Waals surface area contributed by atoms with Crippen LogP contribution in [0.3, 0.4) is 0 Å². The molecule has 0 bridgehead atoms. The predicted molar refractivity (Wildman–Crippen MR) is 92.4 cm³/mol. The second-order valence-corrected chi connectivity index (χ2v) is 5.95. The Morgan fingerprint density at radius 2 is 1.56 bits per heavy atom. The van der Waals surface area contributed by atoms with Crippen LogP contribution in [-0.2, 0) is 15.8 Å². The van der Waals surface area contributed by atoms with Gasteiger partial charge in [-0.1, -0.05) is 42.5 Å². The van der Waals surface area contributed by atoms with Gasteiger partial charge in [-0.05, 0) is 30.2 Å². The molecule has 0 aliphatic heterocycles. The molecule has 3 N–H and O–H groups in total. The molecule has 0 unspecified atom stereocenters. The van der Waals surface area contributed by atoms with Crippen LogP contribution < -0.4 is 10.6 Å².